The van der Waals surface area contributed by atoms with Crippen molar-refractivity contribution in [3.63, 3.8) is 0 Å². The minimum absolute atomic E-state index is 0.399. The Morgan fingerprint density at radius 2 is 2.12 bits per heavy atom. The molecule has 0 bridgehead atoms. The van der Waals surface area contributed by atoms with Crippen LogP contribution in [0.5, 0.6) is 0 Å². The molecule has 2 N–H and O–H groups in total. The summed E-state index contributed by atoms with van der Waals surface area (Å²) in [5.74, 6) is 1.77. The van der Waals surface area contributed by atoms with Gasteiger partial charge < -0.3 is 5.73 Å². The van der Waals surface area contributed by atoms with E-state index in [9.17, 15) is 0 Å². The van der Waals surface area contributed by atoms with Crippen molar-refractivity contribution >= 4 is 11.3 Å². The maximum atomic E-state index is 6.08. The van der Waals surface area contributed by atoms with E-state index in [0.717, 1.165) is 18.4 Å². The van der Waals surface area contributed by atoms with E-state index in [1.165, 1.54) is 37.0 Å². The van der Waals surface area contributed by atoms with Gasteiger partial charge in [0.05, 0.1) is 0 Å². The third-order valence-corrected chi connectivity index (χ3v) is 5.47. The molecule has 2 rings (SSSR count). The maximum Gasteiger partial charge on any atom is 0.00512 e. The molecular formula is C15H25NS. The molecule has 1 saturated carbocycles. The normalized spacial score (nSPS) is 29.8. The molecule has 1 aromatic heterocycles. The SMILES string of the molecule is CC(C)C1CCC(CN)(Cc2cccs2)CC1. The van der Waals surface area contributed by atoms with Gasteiger partial charge in [0, 0.05) is 4.88 Å². The van der Waals surface area contributed by atoms with Gasteiger partial charge in [-0.05, 0) is 67.3 Å². The van der Waals surface area contributed by atoms with E-state index in [1.807, 2.05) is 11.3 Å². The monoisotopic (exact) mass is 251 g/mol. The summed E-state index contributed by atoms with van der Waals surface area (Å²) in [5, 5.41) is 2.18. The lowest BCUT2D eigenvalue weighted by Crippen LogP contribution is -2.37. The van der Waals surface area contributed by atoms with Crippen molar-refractivity contribution in [3.05, 3.63) is 22.4 Å². The van der Waals surface area contributed by atoms with Crippen LogP contribution in [-0.2, 0) is 6.42 Å². The summed E-state index contributed by atoms with van der Waals surface area (Å²) in [6, 6.07) is 4.42. The first-order valence-corrected chi connectivity index (χ1v) is 7.76. The lowest BCUT2D eigenvalue weighted by molar-refractivity contribution is 0.133. The van der Waals surface area contributed by atoms with Crippen molar-refractivity contribution < 1.29 is 0 Å². The predicted molar refractivity (Wildman–Crippen MR) is 76.3 cm³/mol. The van der Waals surface area contributed by atoms with E-state index in [0.29, 0.717) is 5.41 Å². The van der Waals surface area contributed by atoms with Crippen LogP contribution in [0.2, 0.25) is 0 Å². The minimum atomic E-state index is 0.399. The van der Waals surface area contributed by atoms with Gasteiger partial charge in [0.25, 0.3) is 0 Å². The first kappa shape index (κ1) is 13.1. The summed E-state index contributed by atoms with van der Waals surface area (Å²) in [7, 11) is 0. The number of hydrogen-bond acceptors (Lipinski definition) is 2. The van der Waals surface area contributed by atoms with E-state index in [2.05, 4.69) is 31.4 Å². The van der Waals surface area contributed by atoms with Gasteiger partial charge >= 0.3 is 0 Å². The van der Waals surface area contributed by atoms with Gasteiger partial charge in [0.15, 0.2) is 0 Å². The molecular weight excluding hydrogens is 226 g/mol. The zero-order valence-electron chi connectivity index (χ0n) is 11.1. The van der Waals surface area contributed by atoms with Gasteiger partial charge in [-0.15, -0.1) is 11.3 Å². The predicted octanol–water partition coefficient (Wildman–Crippen LogP) is 4.08. The number of rotatable bonds is 4. The summed E-state index contributed by atoms with van der Waals surface area (Å²) >= 11 is 1.88. The fraction of sp³-hybridized carbons (Fsp3) is 0.733. The molecule has 0 amide bonds. The van der Waals surface area contributed by atoms with E-state index in [-0.39, 0.29) is 0 Å². The molecule has 1 aliphatic rings. The van der Waals surface area contributed by atoms with Crippen LogP contribution in [0.4, 0.5) is 0 Å². The maximum absolute atomic E-state index is 6.08. The highest BCUT2D eigenvalue weighted by atomic mass is 32.1. The van der Waals surface area contributed by atoms with Crippen molar-refractivity contribution in [1.29, 1.82) is 0 Å². The third kappa shape index (κ3) is 3.11. The first-order valence-electron chi connectivity index (χ1n) is 6.88. The second-order valence-corrected chi connectivity index (χ2v) is 7.07. The summed E-state index contributed by atoms with van der Waals surface area (Å²) in [4.78, 5) is 1.51. The first-order chi connectivity index (χ1) is 8.15. The van der Waals surface area contributed by atoms with E-state index >= 15 is 0 Å². The summed E-state index contributed by atoms with van der Waals surface area (Å²) in [5.41, 5.74) is 6.48. The van der Waals surface area contributed by atoms with Crippen LogP contribution in [-0.4, -0.2) is 6.54 Å². The van der Waals surface area contributed by atoms with Crippen molar-refractivity contribution in [3.8, 4) is 0 Å². The number of thiophene rings is 1. The van der Waals surface area contributed by atoms with Crippen molar-refractivity contribution in [2.75, 3.05) is 6.54 Å². The van der Waals surface area contributed by atoms with Gasteiger partial charge in [-0.2, -0.15) is 0 Å². The molecule has 0 aliphatic heterocycles. The van der Waals surface area contributed by atoms with Gasteiger partial charge in [0.2, 0.25) is 0 Å². The van der Waals surface area contributed by atoms with Crippen LogP contribution in [0.15, 0.2) is 17.5 Å². The van der Waals surface area contributed by atoms with Gasteiger partial charge in [-0.3, -0.25) is 0 Å². The van der Waals surface area contributed by atoms with Crippen LogP contribution < -0.4 is 5.73 Å². The Morgan fingerprint density at radius 3 is 2.59 bits per heavy atom. The second kappa shape index (κ2) is 5.53. The molecule has 1 aromatic rings. The standard InChI is InChI=1S/C15H25NS/c1-12(2)13-5-7-15(11-16,8-6-13)10-14-4-3-9-17-14/h3-4,9,12-13H,5-8,10-11,16H2,1-2H3. The molecule has 1 fully saturated rings. The number of hydrogen-bond donors (Lipinski definition) is 1. The Labute approximate surface area is 109 Å². The van der Waals surface area contributed by atoms with Crippen molar-refractivity contribution in [2.24, 2.45) is 23.0 Å². The fourth-order valence-electron chi connectivity index (χ4n) is 3.16. The topological polar surface area (TPSA) is 26.0 Å². The quantitative estimate of drug-likeness (QED) is 0.857. The van der Waals surface area contributed by atoms with Crippen molar-refractivity contribution in [2.45, 2.75) is 46.0 Å². The lowest BCUT2D eigenvalue weighted by atomic mass is 9.66. The van der Waals surface area contributed by atoms with Gasteiger partial charge in [-0.1, -0.05) is 19.9 Å². The van der Waals surface area contributed by atoms with Gasteiger partial charge in [-0.25, -0.2) is 0 Å². The molecule has 0 atom stereocenters. The largest absolute Gasteiger partial charge is 0.330 e. The Balaban J connectivity index is 1.98. The van der Waals surface area contributed by atoms with Crippen LogP contribution >= 0.6 is 11.3 Å². The third-order valence-electron chi connectivity index (χ3n) is 4.60. The van der Waals surface area contributed by atoms with Crippen LogP contribution in [0, 0.1) is 17.3 Å². The second-order valence-electron chi connectivity index (χ2n) is 6.04. The summed E-state index contributed by atoms with van der Waals surface area (Å²) in [6.07, 6.45) is 6.60. The van der Waals surface area contributed by atoms with Crippen LogP contribution in [0.25, 0.3) is 0 Å². The molecule has 0 aromatic carbocycles. The van der Waals surface area contributed by atoms with E-state index in [4.69, 9.17) is 5.73 Å². The Hall–Kier alpha value is -0.340. The lowest BCUT2D eigenvalue weighted by Gasteiger charge is -2.40. The zero-order chi connectivity index (χ0) is 12.3. The molecule has 17 heavy (non-hydrogen) atoms. The average molecular weight is 251 g/mol. The average Bonchev–Trinajstić information content (AvgIpc) is 2.82. The Morgan fingerprint density at radius 1 is 1.41 bits per heavy atom. The molecule has 0 radical (unpaired) electrons. The molecule has 0 saturated heterocycles. The zero-order valence-corrected chi connectivity index (χ0v) is 11.9. The van der Waals surface area contributed by atoms with E-state index < -0.39 is 0 Å². The van der Waals surface area contributed by atoms with E-state index in [1.54, 1.807) is 0 Å². The Bertz CT molecular complexity index is 321. The highest BCUT2D eigenvalue weighted by Gasteiger charge is 2.35. The molecule has 0 spiro atoms. The Kier molecular flexibility index (Phi) is 4.26. The fourth-order valence-corrected chi connectivity index (χ4v) is 4.03. The highest BCUT2D eigenvalue weighted by molar-refractivity contribution is 7.09. The highest BCUT2D eigenvalue weighted by Crippen LogP contribution is 2.43. The minimum Gasteiger partial charge on any atom is -0.330 e. The van der Waals surface area contributed by atoms with Crippen LogP contribution in [0.3, 0.4) is 0 Å². The molecule has 2 heteroatoms. The summed E-state index contributed by atoms with van der Waals surface area (Å²) < 4.78 is 0. The molecule has 1 aliphatic carbocycles. The number of nitrogens with two attached hydrogens (primary N) is 1. The van der Waals surface area contributed by atoms with Gasteiger partial charge in [0.1, 0.15) is 0 Å². The smallest absolute Gasteiger partial charge is 0.00512 e. The molecule has 0 unspecified atom stereocenters. The summed E-state index contributed by atoms with van der Waals surface area (Å²) in [6.45, 7) is 5.58. The van der Waals surface area contributed by atoms with Crippen LogP contribution in [0.1, 0.15) is 44.4 Å². The molecule has 1 heterocycles. The molecule has 1 nitrogen and oxygen atoms in total. The van der Waals surface area contributed by atoms with Crippen molar-refractivity contribution in [1.82, 2.24) is 0 Å². The molecule has 96 valence electrons.